The zero-order valence-corrected chi connectivity index (χ0v) is 17.8. The van der Waals surface area contributed by atoms with Gasteiger partial charge in [-0.2, -0.15) is 0 Å². The summed E-state index contributed by atoms with van der Waals surface area (Å²) in [5.74, 6) is -0.335. The third kappa shape index (κ3) is 3.21. The van der Waals surface area contributed by atoms with Crippen molar-refractivity contribution in [2.24, 2.45) is 23.7 Å². The number of hydrogen-bond acceptors (Lipinski definition) is 5. The monoisotopic (exact) mass is 420 g/mol. The molecule has 1 unspecified atom stereocenters. The number of hydrogen-bond donors (Lipinski definition) is 0. The Kier molecular flexibility index (Phi) is 4.93. The number of esters is 1. The lowest BCUT2D eigenvalue weighted by molar-refractivity contribution is -0.559. The van der Waals surface area contributed by atoms with E-state index in [1.54, 1.807) is 0 Å². The van der Waals surface area contributed by atoms with Crippen molar-refractivity contribution in [3.63, 3.8) is 0 Å². The Labute approximate surface area is 176 Å². The third-order valence-corrected chi connectivity index (χ3v) is 7.89. The molecule has 0 aromatic heterocycles. The molecule has 4 saturated heterocycles. The molecule has 0 amide bonds. The molecule has 5 aliphatic rings. The van der Waals surface area contributed by atoms with Crippen LogP contribution in [0.5, 0.6) is 0 Å². The van der Waals surface area contributed by atoms with E-state index in [1.165, 1.54) is 5.56 Å². The quantitative estimate of drug-likeness (QED) is 0.503. The lowest BCUT2D eigenvalue weighted by Crippen LogP contribution is -2.70. The van der Waals surface area contributed by atoms with Crippen LogP contribution in [0, 0.1) is 23.7 Å². The predicted octanol–water partition coefficient (Wildman–Crippen LogP) is 5.05. The summed E-state index contributed by atoms with van der Waals surface area (Å²) in [6, 6.07) is 7.92. The van der Waals surface area contributed by atoms with Crippen LogP contribution in [0.25, 0.3) is 0 Å². The van der Waals surface area contributed by atoms with E-state index < -0.39 is 17.7 Å². The second-order valence-electron chi connectivity index (χ2n) is 9.48. The fourth-order valence-corrected chi connectivity index (χ4v) is 6.37. The summed E-state index contributed by atoms with van der Waals surface area (Å²) in [6.45, 7) is 4.16. The number of ether oxygens (including phenoxy) is 2. The van der Waals surface area contributed by atoms with Crippen molar-refractivity contribution >= 4 is 17.6 Å². The molecule has 6 heteroatoms. The average Bonchev–Trinajstić information content (AvgIpc) is 2.91. The molecule has 1 aliphatic carbocycles. The Bertz CT molecular complexity index is 799. The van der Waals surface area contributed by atoms with Gasteiger partial charge in [0.1, 0.15) is 0 Å². The maximum absolute atomic E-state index is 13.0. The first-order valence-corrected chi connectivity index (χ1v) is 11.3. The van der Waals surface area contributed by atoms with Gasteiger partial charge in [0.25, 0.3) is 0 Å². The first-order valence-electron chi connectivity index (χ1n) is 10.9. The van der Waals surface area contributed by atoms with Crippen molar-refractivity contribution in [1.82, 2.24) is 0 Å². The van der Waals surface area contributed by atoms with Gasteiger partial charge in [0.15, 0.2) is 5.60 Å². The minimum Gasteiger partial charge on any atom is -0.432 e. The van der Waals surface area contributed by atoms with Crippen molar-refractivity contribution in [2.75, 3.05) is 0 Å². The summed E-state index contributed by atoms with van der Waals surface area (Å²) in [7, 11) is 0. The second kappa shape index (κ2) is 7.23. The molecule has 4 heterocycles. The first-order chi connectivity index (χ1) is 13.9. The maximum atomic E-state index is 13.0. The van der Waals surface area contributed by atoms with Crippen molar-refractivity contribution in [2.45, 2.75) is 76.5 Å². The number of benzene rings is 1. The smallest absolute Gasteiger partial charge is 0.311 e. The highest BCUT2D eigenvalue weighted by Crippen LogP contribution is 2.60. The van der Waals surface area contributed by atoms with Crippen molar-refractivity contribution in [3.8, 4) is 0 Å². The Morgan fingerprint density at radius 1 is 1.17 bits per heavy atom. The highest BCUT2D eigenvalue weighted by molar-refractivity contribution is 6.30. The molecule has 158 valence electrons. The molecular weight excluding hydrogens is 392 g/mol. The van der Waals surface area contributed by atoms with Crippen LogP contribution in [0.15, 0.2) is 24.3 Å². The SMILES string of the molecule is C[C@@H]1CC[C@H]2[C@@H](CCCc3cccc(Cl)c3)C(=O)OC3O[C@]4(C)CC[C@@H]1[C@]32OO4. The molecule has 1 aromatic rings. The molecular formula is C23H29ClO5. The normalized spacial score (nSPS) is 43.4. The molecule has 7 atom stereocenters. The topological polar surface area (TPSA) is 54.0 Å². The molecule has 1 spiro atoms. The van der Waals surface area contributed by atoms with Crippen LogP contribution in [0.1, 0.15) is 57.9 Å². The first kappa shape index (κ1) is 19.8. The number of aryl methyl sites for hydroxylation is 1. The van der Waals surface area contributed by atoms with Crippen LogP contribution >= 0.6 is 11.6 Å². The van der Waals surface area contributed by atoms with Gasteiger partial charge in [-0.3, -0.25) is 4.79 Å². The molecule has 5 nitrogen and oxygen atoms in total. The van der Waals surface area contributed by atoms with E-state index in [0.717, 1.165) is 50.0 Å². The second-order valence-corrected chi connectivity index (χ2v) is 9.91. The minimum atomic E-state index is -0.836. The molecule has 6 rings (SSSR count). The molecule has 4 aliphatic heterocycles. The van der Waals surface area contributed by atoms with Crippen LogP contribution in [-0.4, -0.2) is 23.6 Å². The summed E-state index contributed by atoms with van der Waals surface area (Å²) in [6.07, 6.45) is 5.65. The molecule has 5 fully saturated rings. The van der Waals surface area contributed by atoms with Gasteiger partial charge in [0.05, 0.1) is 5.92 Å². The van der Waals surface area contributed by atoms with Crippen molar-refractivity contribution in [3.05, 3.63) is 34.9 Å². The van der Waals surface area contributed by atoms with E-state index in [2.05, 4.69) is 13.0 Å². The fourth-order valence-electron chi connectivity index (χ4n) is 6.15. The fraction of sp³-hybridized carbons (Fsp3) is 0.696. The number of halogens is 1. The van der Waals surface area contributed by atoms with E-state index in [-0.39, 0.29) is 23.7 Å². The van der Waals surface area contributed by atoms with Crippen LogP contribution in [0.3, 0.4) is 0 Å². The standard InChI is InChI=1S/C23H29ClO5/c1-14-9-10-19-17(8-4-6-15-5-3-7-16(24)13-15)20(25)26-21-23(19)18(14)11-12-22(2,27-21)28-29-23/h3,5,7,13-14,17-19,21H,4,6,8-12H2,1-2H3/t14-,17-,18+,19+,21?,22+,23-/m1/s1. The van der Waals surface area contributed by atoms with Gasteiger partial charge in [-0.1, -0.05) is 30.7 Å². The zero-order chi connectivity index (χ0) is 20.2. The van der Waals surface area contributed by atoms with Crippen LogP contribution in [0.4, 0.5) is 0 Å². The summed E-state index contributed by atoms with van der Waals surface area (Å²) < 4.78 is 12.1. The predicted molar refractivity (Wildman–Crippen MR) is 107 cm³/mol. The Hall–Kier alpha value is -1.14. The average molecular weight is 421 g/mol. The molecule has 0 radical (unpaired) electrons. The Balaban J connectivity index is 1.38. The van der Waals surface area contributed by atoms with Crippen LogP contribution in [0.2, 0.25) is 5.02 Å². The van der Waals surface area contributed by atoms with Gasteiger partial charge in [-0.15, -0.1) is 0 Å². The van der Waals surface area contributed by atoms with Gasteiger partial charge in [-0.05, 0) is 69.1 Å². The molecule has 1 saturated carbocycles. The van der Waals surface area contributed by atoms with Gasteiger partial charge in [0, 0.05) is 23.3 Å². The van der Waals surface area contributed by atoms with Gasteiger partial charge < -0.3 is 9.47 Å². The Morgan fingerprint density at radius 2 is 2.03 bits per heavy atom. The third-order valence-electron chi connectivity index (χ3n) is 7.66. The summed E-state index contributed by atoms with van der Waals surface area (Å²) in [5, 5.41) is 0.747. The lowest BCUT2D eigenvalue weighted by atomic mass is 9.57. The van der Waals surface area contributed by atoms with Gasteiger partial charge in [0.2, 0.25) is 12.1 Å². The number of rotatable bonds is 4. The molecule has 29 heavy (non-hydrogen) atoms. The molecule has 1 aromatic carbocycles. The van der Waals surface area contributed by atoms with E-state index in [9.17, 15) is 4.79 Å². The summed E-state index contributed by atoms with van der Waals surface area (Å²) in [4.78, 5) is 24.9. The zero-order valence-electron chi connectivity index (χ0n) is 17.1. The largest absolute Gasteiger partial charge is 0.432 e. The summed E-state index contributed by atoms with van der Waals surface area (Å²) >= 11 is 6.10. The number of carbonyl (C=O) groups excluding carboxylic acids is 1. The van der Waals surface area contributed by atoms with E-state index in [0.29, 0.717) is 5.92 Å². The highest BCUT2D eigenvalue weighted by atomic mass is 35.5. The lowest BCUT2D eigenvalue weighted by Gasteiger charge is -2.58. The van der Waals surface area contributed by atoms with Crippen molar-refractivity contribution in [1.29, 1.82) is 0 Å². The van der Waals surface area contributed by atoms with Crippen molar-refractivity contribution < 1.29 is 24.0 Å². The van der Waals surface area contributed by atoms with Gasteiger partial charge >= 0.3 is 5.97 Å². The van der Waals surface area contributed by atoms with Crippen LogP contribution in [-0.2, 0) is 30.5 Å². The van der Waals surface area contributed by atoms with Crippen LogP contribution < -0.4 is 0 Å². The molecule has 0 N–H and O–H groups in total. The number of fused-ring (bicyclic) bond motifs is 2. The van der Waals surface area contributed by atoms with Gasteiger partial charge in [-0.25, -0.2) is 9.78 Å². The number of carbonyl (C=O) groups is 1. The highest BCUT2D eigenvalue weighted by Gasteiger charge is 2.70. The minimum absolute atomic E-state index is 0.0666. The van der Waals surface area contributed by atoms with E-state index in [4.69, 9.17) is 30.8 Å². The van der Waals surface area contributed by atoms with E-state index >= 15 is 0 Å². The summed E-state index contributed by atoms with van der Waals surface area (Å²) in [5.41, 5.74) is 0.515. The van der Waals surface area contributed by atoms with E-state index in [1.807, 2.05) is 25.1 Å². The Morgan fingerprint density at radius 3 is 2.86 bits per heavy atom. The molecule has 2 bridgehead atoms. The maximum Gasteiger partial charge on any atom is 0.311 e.